The molecule has 4 rings (SSSR count). The zero-order chi connectivity index (χ0) is 21.1. The van der Waals surface area contributed by atoms with Gasteiger partial charge in [-0.2, -0.15) is 5.10 Å². The van der Waals surface area contributed by atoms with E-state index in [0.717, 1.165) is 33.4 Å². The monoisotopic (exact) mass is 436 g/mol. The van der Waals surface area contributed by atoms with Crippen LogP contribution in [-0.4, -0.2) is 47.5 Å². The Hall–Kier alpha value is -3.30. The van der Waals surface area contributed by atoms with E-state index in [9.17, 15) is 9.59 Å². The van der Waals surface area contributed by atoms with Crippen molar-refractivity contribution in [3.63, 3.8) is 0 Å². The van der Waals surface area contributed by atoms with E-state index in [4.69, 9.17) is 22.4 Å². The normalized spacial score (nSPS) is 15.2. The molecule has 0 bridgehead atoms. The lowest BCUT2D eigenvalue weighted by Crippen LogP contribution is -2.33. The zero-order valence-electron chi connectivity index (χ0n) is 15.6. The highest BCUT2D eigenvalue weighted by atomic mass is 32.2. The zero-order valence-corrected chi connectivity index (χ0v) is 17.3. The molecule has 1 saturated heterocycles. The molecule has 3 heterocycles. The molecule has 0 spiro atoms. The predicted octanol–water partition coefficient (Wildman–Crippen LogP) is 3.28. The molecule has 1 fully saturated rings. The summed E-state index contributed by atoms with van der Waals surface area (Å²) in [6.45, 7) is 0.118. The van der Waals surface area contributed by atoms with Gasteiger partial charge in [-0.15, -0.1) is 0 Å². The summed E-state index contributed by atoms with van der Waals surface area (Å²) in [5, 5.41) is 13.7. The van der Waals surface area contributed by atoms with Crippen molar-refractivity contribution in [1.82, 2.24) is 19.7 Å². The third kappa shape index (κ3) is 4.32. The van der Waals surface area contributed by atoms with Crippen molar-refractivity contribution >= 4 is 46.3 Å². The minimum atomic E-state index is -1.11. The van der Waals surface area contributed by atoms with E-state index < -0.39 is 18.4 Å². The molecule has 30 heavy (non-hydrogen) atoms. The van der Waals surface area contributed by atoms with Gasteiger partial charge in [0.15, 0.2) is 0 Å². The Labute approximate surface area is 182 Å². The number of benzene rings is 1. The van der Waals surface area contributed by atoms with Gasteiger partial charge in [-0.1, -0.05) is 54.3 Å². The Morgan fingerprint density at radius 1 is 1.20 bits per heavy atom. The van der Waals surface area contributed by atoms with Crippen molar-refractivity contribution in [3.05, 3.63) is 77.1 Å². The first-order chi connectivity index (χ1) is 14.5. The summed E-state index contributed by atoms with van der Waals surface area (Å²) in [6, 6.07) is 13.6. The standard InChI is InChI=1S/C21H16N4O3S2/c26-18(27)13-25-20(28)17(30-21(25)29)9-16-12-24(11-14-5-2-1-3-6-14)23-19(16)15-7-4-8-22-10-15/h1-10,12H,11,13H2,(H,26,27). The Kier molecular flexibility index (Phi) is 5.73. The molecule has 0 aliphatic carbocycles. The number of rotatable bonds is 6. The Morgan fingerprint density at radius 3 is 2.70 bits per heavy atom. The highest BCUT2D eigenvalue weighted by molar-refractivity contribution is 8.26. The van der Waals surface area contributed by atoms with Gasteiger partial charge in [0.2, 0.25) is 0 Å². The van der Waals surface area contributed by atoms with E-state index in [-0.39, 0.29) is 4.32 Å². The number of carboxylic acid groups (broad SMARTS) is 1. The van der Waals surface area contributed by atoms with E-state index in [1.165, 1.54) is 0 Å². The molecule has 0 saturated carbocycles. The molecule has 0 unspecified atom stereocenters. The number of hydrogen-bond donors (Lipinski definition) is 1. The van der Waals surface area contributed by atoms with Crippen LogP contribution in [0.5, 0.6) is 0 Å². The first-order valence-corrected chi connectivity index (χ1v) is 10.2. The summed E-state index contributed by atoms with van der Waals surface area (Å²) in [6.07, 6.45) is 6.96. The van der Waals surface area contributed by atoms with E-state index >= 15 is 0 Å². The van der Waals surface area contributed by atoms with Crippen LogP contribution >= 0.6 is 24.0 Å². The van der Waals surface area contributed by atoms with Crippen molar-refractivity contribution in [2.75, 3.05) is 6.54 Å². The molecule has 1 aliphatic heterocycles. The fourth-order valence-corrected chi connectivity index (χ4v) is 4.28. The molecule has 1 N–H and O–H groups in total. The Balaban J connectivity index is 1.71. The van der Waals surface area contributed by atoms with Crippen LogP contribution in [0, 0.1) is 0 Å². The summed E-state index contributed by atoms with van der Waals surface area (Å²) in [4.78, 5) is 29.3. The lowest BCUT2D eigenvalue weighted by molar-refractivity contribution is -0.140. The molecule has 9 heteroatoms. The second kappa shape index (κ2) is 8.60. The minimum absolute atomic E-state index is 0.230. The molecular formula is C21H16N4O3S2. The average molecular weight is 437 g/mol. The van der Waals surface area contributed by atoms with Crippen LogP contribution < -0.4 is 0 Å². The number of amides is 1. The van der Waals surface area contributed by atoms with Crippen molar-refractivity contribution in [1.29, 1.82) is 0 Å². The van der Waals surface area contributed by atoms with Crippen LogP contribution in [0.3, 0.4) is 0 Å². The van der Waals surface area contributed by atoms with Crippen LogP contribution in [-0.2, 0) is 16.1 Å². The first kappa shape index (κ1) is 20.0. The fraction of sp³-hybridized carbons (Fsp3) is 0.0952. The molecule has 3 aromatic rings. The number of hydrogen-bond acceptors (Lipinski definition) is 6. The topological polar surface area (TPSA) is 88.3 Å². The quantitative estimate of drug-likeness (QED) is 0.469. The molecule has 7 nitrogen and oxygen atoms in total. The number of aromatic nitrogens is 3. The largest absolute Gasteiger partial charge is 0.480 e. The van der Waals surface area contributed by atoms with E-state index in [1.807, 2.05) is 53.3 Å². The smallest absolute Gasteiger partial charge is 0.323 e. The van der Waals surface area contributed by atoms with Crippen molar-refractivity contribution in [2.24, 2.45) is 0 Å². The summed E-state index contributed by atoms with van der Waals surface area (Å²) in [5.41, 5.74) is 3.32. The number of carboxylic acids is 1. The summed E-state index contributed by atoms with van der Waals surface area (Å²) >= 11 is 6.27. The third-order valence-corrected chi connectivity index (χ3v) is 5.74. The molecule has 2 aromatic heterocycles. The van der Waals surface area contributed by atoms with Crippen molar-refractivity contribution in [2.45, 2.75) is 6.54 Å². The molecule has 0 atom stereocenters. The highest BCUT2D eigenvalue weighted by Gasteiger charge is 2.33. The van der Waals surface area contributed by atoms with Crippen LogP contribution in [0.2, 0.25) is 0 Å². The summed E-state index contributed by atoms with van der Waals surface area (Å²) in [7, 11) is 0. The van der Waals surface area contributed by atoms with Crippen LogP contribution in [0.15, 0.2) is 66.0 Å². The number of thioether (sulfide) groups is 1. The number of nitrogens with zero attached hydrogens (tertiary/aromatic N) is 4. The number of aliphatic carboxylic acids is 1. The maximum atomic E-state index is 12.6. The molecular weight excluding hydrogens is 420 g/mol. The lowest BCUT2D eigenvalue weighted by atomic mass is 10.1. The van der Waals surface area contributed by atoms with Crippen LogP contribution in [0.4, 0.5) is 0 Å². The lowest BCUT2D eigenvalue weighted by Gasteiger charge is -2.10. The number of carbonyl (C=O) groups excluding carboxylic acids is 1. The third-order valence-electron chi connectivity index (χ3n) is 4.37. The first-order valence-electron chi connectivity index (χ1n) is 9.00. The predicted molar refractivity (Wildman–Crippen MR) is 119 cm³/mol. The van der Waals surface area contributed by atoms with Gasteiger partial charge in [-0.25, -0.2) is 0 Å². The van der Waals surface area contributed by atoms with Gasteiger partial charge in [0, 0.05) is 29.7 Å². The van der Waals surface area contributed by atoms with Gasteiger partial charge in [0.1, 0.15) is 16.6 Å². The number of pyridine rings is 1. The van der Waals surface area contributed by atoms with Gasteiger partial charge in [0.25, 0.3) is 5.91 Å². The second-order valence-electron chi connectivity index (χ2n) is 6.52. The minimum Gasteiger partial charge on any atom is -0.480 e. The van der Waals surface area contributed by atoms with Crippen LogP contribution in [0.25, 0.3) is 17.3 Å². The van der Waals surface area contributed by atoms with E-state index in [2.05, 4.69) is 4.98 Å². The Morgan fingerprint density at radius 2 is 2.00 bits per heavy atom. The molecule has 1 aliphatic rings. The average Bonchev–Trinajstić information content (AvgIpc) is 3.25. The van der Waals surface area contributed by atoms with Gasteiger partial charge >= 0.3 is 5.97 Å². The maximum absolute atomic E-state index is 12.6. The van der Waals surface area contributed by atoms with Gasteiger partial charge in [0.05, 0.1) is 11.4 Å². The maximum Gasteiger partial charge on any atom is 0.323 e. The van der Waals surface area contributed by atoms with Gasteiger partial charge in [-0.3, -0.25) is 24.2 Å². The number of carbonyl (C=O) groups is 2. The Bertz CT molecular complexity index is 1140. The van der Waals surface area contributed by atoms with Crippen molar-refractivity contribution in [3.8, 4) is 11.3 Å². The molecule has 1 amide bonds. The van der Waals surface area contributed by atoms with Crippen molar-refractivity contribution < 1.29 is 14.7 Å². The van der Waals surface area contributed by atoms with E-state index in [0.29, 0.717) is 17.1 Å². The summed E-state index contributed by atoms with van der Waals surface area (Å²) in [5.74, 6) is -1.53. The second-order valence-corrected chi connectivity index (χ2v) is 8.20. The molecule has 150 valence electrons. The fourth-order valence-electron chi connectivity index (χ4n) is 3.03. The molecule has 0 radical (unpaired) electrons. The molecule has 1 aromatic carbocycles. The SMILES string of the molecule is O=C(O)CN1C(=O)C(=Cc2cn(Cc3ccccc3)nc2-c2cccnc2)SC1=S. The highest BCUT2D eigenvalue weighted by Crippen LogP contribution is 2.34. The van der Waals surface area contributed by atoms with Gasteiger partial charge < -0.3 is 5.11 Å². The summed E-state index contributed by atoms with van der Waals surface area (Å²) < 4.78 is 2.04. The van der Waals surface area contributed by atoms with E-state index in [1.54, 1.807) is 18.5 Å². The number of thiocarbonyl (C=S) groups is 1. The van der Waals surface area contributed by atoms with Gasteiger partial charge in [-0.05, 0) is 23.8 Å². The van der Waals surface area contributed by atoms with Crippen LogP contribution in [0.1, 0.15) is 11.1 Å².